The van der Waals surface area contributed by atoms with Gasteiger partial charge in [-0.25, -0.2) is 4.98 Å². The van der Waals surface area contributed by atoms with Crippen LogP contribution in [-0.4, -0.2) is 26.3 Å². The first-order valence-corrected chi connectivity index (χ1v) is 7.52. The molecule has 1 aromatic heterocycles. The molecule has 0 aliphatic heterocycles. The van der Waals surface area contributed by atoms with Gasteiger partial charge in [-0.1, -0.05) is 19.8 Å². The van der Waals surface area contributed by atoms with Gasteiger partial charge in [0.25, 0.3) is 0 Å². The minimum absolute atomic E-state index is 0.181. The van der Waals surface area contributed by atoms with Crippen molar-refractivity contribution in [2.24, 2.45) is 0 Å². The molecule has 1 aliphatic rings. The molecular formula is C13H20N2OS. The van der Waals surface area contributed by atoms with Crippen LogP contribution in [0.4, 0.5) is 0 Å². The van der Waals surface area contributed by atoms with E-state index in [4.69, 9.17) is 0 Å². The molecular weight excluding hydrogens is 232 g/mol. The van der Waals surface area contributed by atoms with Crippen molar-refractivity contribution in [3.05, 3.63) is 18.2 Å². The Kier molecular flexibility index (Phi) is 4.66. The van der Waals surface area contributed by atoms with Crippen LogP contribution in [0.15, 0.2) is 12.4 Å². The van der Waals surface area contributed by atoms with Crippen LogP contribution in [0.25, 0.3) is 0 Å². The first-order valence-electron chi connectivity index (χ1n) is 6.47. The lowest BCUT2D eigenvalue weighted by atomic mass is 10.4. The number of aromatic nitrogens is 2. The highest BCUT2D eigenvalue weighted by Crippen LogP contribution is 2.29. The van der Waals surface area contributed by atoms with E-state index in [1.807, 2.05) is 22.5 Å². The Morgan fingerprint density at radius 2 is 2.29 bits per heavy atom. The number of Topliss-reactive ketones (excluding diaryl/α,β-unsaturated/α-hetero) is 1. The van der Waals surface area contributed by atoms with Crippen molar-refractivity contribution >= 4 is 17.5 Å². The number of hydrogen-bond acceptors (Lipinski definition) is 3. The molecule has 0 unspecified atom stereocenters. The zero-order chi connectivity index (χ0) is 12.1. The summed E-state index contributed by atoms with van der Waals surface area (Å²) in [5.41, 5.74) is 0. The summed E-state index contributed by atoms with van der Waals surface area (Å²) < 4.78 is 1.97. The average Bonchev–Trinajstić information content (AvgIpc) is 2.97. The molecule has 0 bridgehead atoms. The monoisotopic (exact) mass is 252 g/mol. The van der Waals surface area contributed by atoms with Crippen molar-refractivity contribution in [1.29, 1.82) is 0 Å². The van der Waals surface area contributed by atoms with E-state index >= 15 is 0 Å². The van der Waals surface area contributed by atoms with Gasteiger partial charge in [-0.15, -0.1) is 0 Å². The first kappa shape index (κ1) is 12.7. The molecule has 1 aromatic rings. The molecule has 0 N–H and O–H groups in total. The zero-order valence-electron chi connectivity index (χ0n) is 10.4. The normalized spacial score (nSPS) is 16.5. The molecule has 17 heavy (non-hydrogen) atoms. The van der Waals surface area contributed by atoms with Gasteiger partial charge in [-0.3, -0.25) is 4.79 Å². The van der Waals surface area contributed by atoms with Crippen LogP contribution in [0.1, 0.15) is 49.6 Å². The van der Waals surface area contributed by atoms with Crippen molar-refractivity contribution in [2.75, 3.05) is 5.75 Å². The van der Waals surface area contributed by atoms with Gasteiger partial charge in [-0.05, 0) is 19.3 Å². The molecule has 0 spiro atoms. The largest absolute Gasteiger partial charge is 0.329 e. The molecule has 0 radical (unpaired) electrons. The van der Waals surface area contributed by atoms with Crippen LogP contribution in [0.2, 0.25) is 0 Å². The fourth-order valence-electron chi connectivity index (χ4n) is 2.30. The van der Waals surface area contributed by atoms with Gasteiger partial charge in [0.05, 0.1) is 5.75 Å². The number of aryl methyl sites for hydroxylation is 1. The van der Waals surface area contributed by atoms with Crippen molar-refractivity contribution in [3.8, 4) is 0 Å². The van der Waals surface area contributed by atoms with Crippen LogP contribution in [0.5, 0.6) is 0 Å². The molecule has 1 aliphatic carbocycles. The molecule has 4 heteroatoms. The number of ketones is 1. The van der Waals surface area contributed by atoms with E-state index in [-0.39, 0.29) is 5.78 Å². The van der Waals surface area contributed by atoms with Gasteiger partial charge >= 0.3 is 0 Å². The third-order valence-electron chi connectivity index (χ3n) is 3.18. The lowest BCUT2D eigenvalue weighted by molar-refractivity contribution is 0.100. The standard InChI is InChI=1S/C13H20N2OS/c1-2-8-15-9-7-14-13(15)12(16)10-17-11-5-3-4-6-11/h7,9,11H,2-6,8,10H2,1H3. The van der Waals surface area contributed by atoms with Crippen molar-refractivity contribution in [3.63, 3.8) is 0 Å². The summed E-state index contributed by atoms with van der Waals surface area (Å²) in [6.07, 6.45) is 9.88. The minimum Gasteiger partial charge on any atom is -0.329 e. The van der Waals surface area contributed by atoms with E-state index in [0.29, 0.717) is 16.8 Å². The molecule has 1 heterocycles. The third-order valence-corrected chi connectivity index (χ3v) is 4.55. The molecule has 3 nitrogen and oxygen atoms in total. The number of carbonyl (C=O) groups is 1. The summed E-state index contributed by atoms with van der Waals surface area (Å²) in [4.78, 5) is 16.2. The Hall–Kier alpha value is -0.770. The number of imidazole rings is 1. The maximum absolute atomic E-state index is 12.1. The first-order chi connectivity index (χ1) is 8.31. The van der Waals surface area contributed by atoms with Crippen LogP contribution < -0.4 is 0 Å². The smallest absolute Gasteiger partial charge is 0.208 e. The van der Waals surface area contributed by atoms with Gasteiger partial charge in [-0.2, -0.15) is 11.8 Å². The van der Waals surface area contributed by atoms with E-state index in [9.17, 15) is 4.79 Å². The second-order valence-corrected chi connectivity index (χ2v) is 5.87. The van der Waals surface area contributed by atoms with Gasteiger partial charge in [0.15, 0.2) is 5.82 Å². The van der Waals surface area contributed by atoms with E-state index in [0.717, 1.165) is 13.0 Å². The Balaban J connectivity index is 1.87. The maximum Gasteiger partial charge on any atom is 0.208 e. The number of hydrogen-bond donors (Lipinski definition) is 0. The van der Waals surface area contributed by atoms with Gasteiger partial charge in [0.1, 0.15) is 0 Å². The summed E-state index contributed by atoms with van der Waals surface area (Å²) in [5.74, 6) is 1.41. The number of nitrogens with zero attached hydrogens (tertiary/aromatic N) is 2. The lowest BCUT2D eigenvalue weighted by Crippen LogP contribution is -2.13. The third kappa shape index (κ3) is 3.35. The van der Waals surface area contributed by atoms with Gasteiger partial charge < -0.3 is 4.57 Å². The van der Waals surface area contributed by atoms with E-state index in [1.54, 1.807) is 6.20 Å². The SMILES string of the molecule is CCCn1ccnc1C(=O)CSC1CCCC1. The van der Waals surface area contributed by atoms with Crippen molar-refractivity contribution in [1.82, 2.24) is 9.55 Å². The molecule has 0 amide bonds. The quantitative estimate of drug-likeness (QED) is 0.729. The number of rotatable bonds is 6. The second kappa shape index (κ2) is 6.24. The second-order valence-electron chi connectivity index (χ2n) is 4.58. The molecule has 0 saturated heterocycles. The highest BCUT2D eigenvalue weighted by molar-refractivity contribution is 8.00. The predicted molar refractivity (Wildman–Crippen MR) is 71.6 cm³/mol. The Morgan fingerprint density at radius 1 is 1.53 bits per heavy atom. The van der Waals surface area contributed by atoms with Crippen LogP contribution in [0, 0.1) is 0 Å². The fraction of sp³-hybridized carbons (Fsp3) is 0.692. The van der Waals surface area contributed by atoms with E-state index < -0.39 is 0 Å². The Bertz CT molecular complexity index is 369. The summed E-state index contributed by atoms with van der Waals surface area (Å²) in [5, 5.41) is 0.702. The van der Waals surface area contributed by atoms with Gasteiger partial charge in [0.2, 0.25) is 5.78 Å². The van der Waals surface area contributed by atoms with Gasteiger partial charge in [0, 0.05) is 24.2 Å². The Labute approximate surface area is 107 Å². The van der Waals surface area contributed by atoms with E-state index in [1.165, 1.54) is 25.7 Å². The van der Waals surface area contributed by atoms with Crippen molar-refractivity contribution in [2.45, 2.75) is 50.8 Å². The molecule has 0 aromatic carbocycles. The molecule has 2 rings (SSSR count). The summed E-state index contributed by atoms with van der Waals surface area (Å²) in [6.45, 7) is 3.00. The summed E-state index contributed by atoms with van der Waals surface area (Å²) in [6, 6.07) is 0. The average molecular weight is 252 g/mol. The molecule has 1 saturated carbocycles. The minimum atomic E-state index is 0.181. The number of thioether (sulfide) groups is 1. The molecule has 1 fully saturated rings. The highest BCUT2D eigenvalue weighted by Gasteiger charge is 2.19. The number of carbonyl (C=O) groups excluding carboxylic acids is 1. The Morgan fingerprint density at radius 3 is 3.00 bits per heavy atom. The van der Waals surface area contributed by atoms with E-state index in [2.05, 4.69) is 11.9 Å². The maximum atomic E-state index is 12.1. The van der Waals surface area contributed by atoms with Crippen molar-refractivity contribution < 1.29 is 4.79 Å². The fourth-order valence-corrected chi connectivity index (χ4v) is 3.48. The molecule has 94 valence electrons. The molecule has 0 atom stereocenters. The summed E-state index contributed by atoms with van der Waals surface area (Å²) in [7, 11) is 0. The summed E-state index contributed by atoms with van der Waals surface area (Å²) >= 11 is 1.81. The zero-order valence-corrected chi connectivity index (χ0v) is 11.2. The predicted octanol–water partition coefficient (Wildman–Crippen LogP) is 3.15. The van der Waals surface area contributed by atoms with Crippen LogP contribution in [0.3, 0.4) is 0 Å². The highest BCUT2D eigenvalue weighted by atomic mass is 32.2. The van der Waals surface area contributed by atoms with Crippen LogP contribution >= 0.6 is 11.8 Å². The van der Waals surface area contributed by atoms with Crippen LogP contribution in [-0.2, 0) is 6.54 Å². The lowest BCUT2D eigenvalue weighted by Gasteiger charge is -2.08. The topological polar surface area (TPSA) is 34.9 Å².